The van der Waals surface area contributed by atoms with Crippen molar-refractivity contribution < 1.29 is 32.3 Å². The zero-order valence-electron chi connectivity index (χ0n) is 23.2. The predicted molar refractivity (Wildman–Crippen MR) is 148 cm³/mol. The number of urea groups is 1. The molecule has 42 heavy (non-hydrogen) atoms. The molecule has 2 aromatic rings. The van der Waals surface area contributed by atoms with Gasteiger partial charge in [0.1, 0.15) is 11.6 Å². The number of H-pyrrole nitrogens is 1. The first kappa shape index (κ1) is 29.6. The van der Waals surface area contributed by atoms with E-state index < -0.39 is 53.5 Å². The van der Waals surface area contributed by atoms with E-state index in [1.807, 2.05) is 0 Å². The van der Waals surface area contributed by atoms with Crippen LogP contribution in [0.3, 0.4) is 0 Å². The number of likely N-dealkylation sites (tertiary alicyclic amines) is 1. The Hall–Kier alpha value is -3.87. The van der Waals surface area contributed by atoms with E-state index in [4.69, 9.17) is 11.6 Å². The predicted octanol–water partition coefficient (Wildman–Crippen LogP) is 4.09. The standard InChI is InChI=1S/C28H30ClF3N6O4/c1-15(2)22(34-23(39)19-13-17(28(30,31)32)4-6-20(19)29)24(40)37-10-8-27(9-11-37)25(41)36(3)26(42)38(27)18-5-7-21-16(12-18)14-33-35-21/h4-7,12,14-15,19,22H,8-11,13H2,1-3H3,(H,33,35)(H,34,39)/t19?,22-/m1/s1. The molecule has 2 N–H and O–H groups in total. The van der Waals surface area contributed by atoms with Gasteiger partial charge in [-0.3, -0.25) is 29.3 Å². The maximum Gasteiger partial charge on any atom is 0.412 e. The highest BCUT2D eigenvalue weighted by Crippen LogP contribution is 2.41. The molecule has 1 aromatic heterocycles. The Balaban J connectivity index is 1.32. The van der Waals surface area contributed by atoms with Crippen LogP contribution in [-0.2, 0) is 14.4 Å². The smallest absolute Gasteiger partial charge is 0.343 e. The number of likely N-dealkylation sites (N-methyl/N-ethyl adjacent to an activating group) is 1. The zero-order chi connectivity index (χ0) is 30.6. The second-order valence-electron chi connectivity index (χ2n) is 11.2. The molecular weight excluding hydrogens is 577 g/mol. The fraction of sp³-hybridized carbons (Fsp3) is 0.464. The average molecular weight is 607 g/mol. The van der Waals surface area contributed by atoms with E-state index in [0.29, 0.717) is 5.69 Å². The van der Waals surface area contributed by atoms with Crippen LogP contribution in [0.4, 0.5) is 23.7 Å². The van der Waals surface area contributed by atoms with Crippen LogP contribution in [0.25, 0.3) is 10.9 Å². The molecule has 3 heterocycles. The van der Waals surface area contributed by atoms with Crippen LogP contribution in [0.5, 0.6) is 0 Å². The Bertz CT molecular complexity index is 1510. The number of imide groups is 1. The lowest BCUT2D eigenvalue weighted by Crippen LogP contribution is -2.60. The molecule has 2 fully saturated rings. The Labute approximate surface area is 244 Å². The Kier molecular flexibility index (Phi) is 7.58. The first-order chi connectivity index (χ1) is 19.7. The van der Waals surface area contributed by atoms with Gasteiger partial charge in [-0.1, -0.05) is 31.5 Å². The quantitative estimate of drug-likeness (QED) is 0.497. The topological polar surface area (TPSA) is 119 Å². The van der Waals surface area contributed by atoms with Gasteiger partial charge in [0.25, 0.3) is 5.91 Å². The number of nitrogens with one attached hydrogen (secondary N) is 2. The number of hydrogen-bond acceptors (Lipinski definition) is 5. The monoisotopic (exact) mass is 606 g/mol. The van der Waals surface area contributed by atoms with Crippen LogP contribution in [0.1, 0.15) is 33.1 Å². The van der Waals surface area contributed by atoms with Crippen LogP contribution in [0.15, 0.2) is 47.2 Å². The number of nitrogens with zero attached hydrogens (tertiary/aromatic N) is 4. The average Bonchev–Trinajstić information content (AvgIpc) is 3.48. The number of halogens is 4. The van der Waals surface area contributed by atoms with Crippen LogP contribution in [0, 0.1) is 11.8 Å². The third-order valence-electron chi connectivity index (χ3n) is 8.30. The van der Waals surface area contributed by atoms with Gasteiger partial charge in [0, 0.05) is 41.8 Å². The van der Waals surface area contributed by atoms with E-state index in [2.05, 4.69) is 15.5 Å². The van der Waals surface area contributed by atoms with Crippen molar-refractivity contribution >= 4 is 51.9 Å². The van der Waals surface area contributed by atoms with Crippen LogP contribution in [0.2, 0.25) is 0 Å². The summed E-state index contributed by atoms with van der Waals surface area (Å²) in [5.41, 5.74) is -0.768. The SMILES string of the molecule is CC(C)[C@@H](NC(=O)C1CC(C(F)(F)F)=CC=C1Cl)C(=O)N1CCC2(CC1)C(=O)N(C)C(=O)N2c1ccc2[nH]ncc2c1. The fourth-order valence-corrected chi connectivity index (χ4v) is 6.10. The summed E-state index contributed by atoms with van der Waals surface area (Å²) in [6, 6.07) is 3.78. The molecule has 5 rings (SSSR count). The second-order valence-corrected chi connectivity index (χ2v) is 11.6. The summed E-state index contributed by atoms with van der Waals surface area (Å²) in [5.74, 6) is -3.23. The molecule has 2 atom stereocenters. The van der Waals surface area contributed by atoms with Crippen molar-refractivity contribution in [2.24, 2.45) is 11.8 Å². The van der Waals surface area contributed by atoms with Crippen molar-refractivity contribution in [1.82, 2.24) is 25.3 Å². The number of allylic oxidation sites excluding steroid dienone is 3. The number of amides is 5. The minimum Gasteiger partial charge on any atom is -0.343 e. The summed E-state index contributed by atoms with van der Waals surface area (Å²) in [5, 5.41) is 10.2. The maximum absolute atomic E-state index is 13.6. The number of aromatic nitrogens is 2. The van der Waals surface area contributed by atoms with Crippen LogP contribution < -0.4 is 10.2 Å². The molecule has 5 amide bonds. The lowest BCUT2D eigenvalue weighted by atomic mass is 9.84. The Morgan fingerprint density at radius 2 is 1.86 bits per heavy atom. The summed E-state index contributed by atoms with van der Waals surface area (Å²) in [6.07, 6.45) is -1.38. The number of carbonyl (C=O) groups excluding carboxylic acids is 4. The van der Waals surface area contributed by atoms with Gasteiger partial charge in [-0.25, -0.2) is 4.79 Å². The summed E-state index contributed by atoms with van der Waals surface area (Å²) >= 11 is 6.10. The van der Waals surface area contributed by atoms with Gasteiger partial charge in [-0.2, -0.15) is 18.3 Å². The number of anilines is 1. The molecule has 2 aliphatic heterocycles. The molecule has 1 spiro atoms. The number of piperidine rings is 1. The van der Waals surface area contributed by atoms with Gasteiger partial charge >= 0.3 is 12.2 Å². The van der Waals surface area contributed by atoms with E-state index in [0.717, 1.165) is 28.0 Å². The third kappa shape index (κ3) is 5.03. The van der Waals surface area contributed by atoms with E-state index in [1.165, 1.54) is 16.8 Å². The maximum atomic E-state index is 13.6. The largest absolute Gasteiger partial charge is 0.412 e. The van der Waals surface area contributed by atoms with Crippen molar-refractivity contribution in [3.63, 3.8) is 0 Å². The first-order valence-electron chi connectivity index (χ1n) is 13.5. The van der Waals surface area contributed by atoms with Crippen LogP contribution >= 0.6 is 11.6 Å². The molecule has 14 heteroatoms. The van der Waals surface area contributed by atoms with E-state index in [9.17, 15) is 32.3 Å². The third-order valence-corrected chi connectivity index (χ3v) is 8.69. The molecule has 2 saturated heterocycles. The number of fused-ring (bicyclic) bond motifs is 1. The molecule has 1 unspecified atom stereocenters. The Morgan fingerprint density at radius 1 is 1.17 bits per heavy atom. The summed E-state index contributed by atoms with van der Waals surface area (Å²) in [7, 11) is 1.43. The number of rotatable bonds is 5. The van der Waals surface area contributed by atoms with Gasteiger partial charge < -0.3 is 10.2 Å². The minimum atomic E-state index is -4.60. The van der Waals surface area contributed by atoms with Gasteiger partial charge in [-0.05, 0) is 49.5 Å². The highest BCUT2D eigenvalue weighted by Gasteiger charge is 2.58. The molecule has 0 radical (unpaired) electrons. The molecule has 0 bridgehead atoms. The van der Waals surface area contributed by atoms with Crippen molar-refractivity contribution in [2.45, 2.75) is 50.9 Å². The molecule has 3 aliphatic rings. The minimum absolute atomic E-state index is 0.0439. The highest BCUT2D eigenvalue weighted by atomic mass is 35.5. The summed E-state index contributed by atoms with van der Waals surface area (Å²) in [6.45, 7) is 3.69. The number of hydrogen-bond donors (Lipinski definition) is 2. The molecule has 224 valence electrons. The van der Waals surface area contributed by atoms with E-state index >= 15 is 0 Å². The van der Waals surface area contributed by atoms with Gasteiger partial charge in [0.15, 0.2) is 0 Å². The Morgan fingerprint density at radius 3 is 2.50 bits per heavy atom. The van der Waals surface area contributed by atoms with Crippen molar-refractivity contribution in [2.75, 3.05) is 25.0 Å². The van der Waals surface area contributed by atoms with Crippen molar-refractivity contribution in [3.8, 4) is 0 Å². The second kappa shape index (κ2) is 10.8. The van der Waals surface area contributed by atoms with Crippen molar-refractivity contribution in [3.05, 3.63) is 47.2 Å². The number of alkyl halides is 3. The molecule has 0 saturated carbocycles. The van der Waals surface area contributed by atoms with E-state index in [1.54, 1.807) is 38.2 Å². The molecule has 1 aliphatic carbocycles. The number of aromatic amines is 1. The zero-order valence-corrected chi connectivity index (χ0v) is 23.9. The molecule has 1 aromatic carbocycles. The molecule has 10 nitrogen and oxygen atoms in total. The number of carbonyl (C=O) groups is 4. The van der Waals surface area contributed by atoms with Crippen LogP contribution in [-0.4, -0.2) is 81.6 Å². The fourth-order valence-electron chi connectivity index (χ4n) is 5.86. The first-order valence-corrected chi connectivity index (χ1v) is 13.9. The van der Waals surface area contributed by atoms with Gasteiger partial charge in [0.2, 0.25) is 11.8 Å². The van der Waals surface area contributed by atoms with Gasteiger partial charge in [0.05, 0.1) is 17.6 Å². The van der Waals surface area contributed by atoms with E-state index in [-0.39, 0.29) is 42.8 Å². The van der Waals surface area contributed by atoms with Gasteiger partial charge in [-0.15, -0.1) is 0 Å². The lowest BCUT2D eigenvalue weighted by Gasteiger charge is -2.43. The molecular formula is C28H30ClF3N6O4. The summed E-state index contributed by atoms with van der Waals surface area (Å²) in [4.78, 5) is 57.5. The number of benzene rings is 1. The normalized spacial score (nSPS) is 21.7. The highest BCUT2D eigenvalue weighted by molar-refractivity contribution is 6.31. The van der Waals surface area contributed by atoms with Crippen molar-refractivity contribution in [1.29, 1.82) is 0 Å². The summed E-state index contributed by atoms with van der Waals surface area (Å²) < 4.78 is 39.8. The lowest BCUT2D eigenvalue weighted by molar-refractivity contribution is -0.141.